The third kappa shape index (κ3) is 15.2. The lowest BCUT2D eigenvalue weighted by atomic mass is 9.88. The van der Waals surface area contributed by atoms with Crippen LogP contribution in [0.3, 0.4) is 0 Å². The first kappa shape index (κ1) is 61.9. The van der Waals surface area contributed by atoms with E-state index in [4.69, 9.17) is 37.9 Å². The normalized spacial score (nSPS) is 37.0. The highest BCUT2D eigenvalue weighted by Crippen LogP contribution is 2.39. The summed E-state index contributed by atoms with van der Waals surface area (Å²) in [4.78, 5) is 50.8. The lowest BCUT2D eigenvalue weighted by Crippen LogP contribution is -2.71. The number of rotatable bonds is 25. The number of aliphatic hydroxyl groups excluding tert-OH is 11. The molecule has 4 aliphatic rings. The van der Waals surface area contributed by atoms with E-state index < -0.39 is 189 Å². The SMILES string of the molecule is COC(=O)CCCCCCCCO[C@@H]1OC(CO)[C@H](OC2OC(CO)[C@@H](O)C(O[C@]3(C(=O)O)CC(O)[C@@H](NC(C)=O)C(C(O)C(O)CO)O3)C2O)C(O[C@@H]2OC(C)[C@H](O)C(O)C2O)C1NC(=O)c1cc(F)ccc1O. The summed E-state index contributed by atoms with van der Waals surface area (Å²) >= 11 is 0. The van der Waals surface area contributed by atoms with Crippen LogP contribution in [-0.4, -0.2) is 252 Å². The van der Waals surface area contributed by atoms with Crippen molar-refractivity contribution in [3.63, 3.8) is 0 Å². The number of hydrogen-bond acceptors (Lipinski definition) is 25. The van der Waals surface area contributed by atoms with Crippen LogP contribution in [0.1, 0.15) is 75.6 Å². The molecule has 4 saturated heterocycles. The highest BCUT2D eigenvalue weighted by atomic mass is 19.1. The van der Waals surface area contributed by atoms with Crippen molar-refractivity contribution in [1.82, 2.24) is 10.6 Å². The van der Waals surface area contributed by atoms with Crippen molar-refractivity contribution >= 4 is 23.8 Å². The molecule has 0 spiro atoms. The molecular formula is C46H71FN2O26. The first-order valence-corrected chi connectivity index (χ1v) is 24.4. The maximum atomic E-state index is 14.6. The lowest BCUT2D eigenvalue weighted by molar-refractivity contribution is -0.391. The molecule has 28 nitrogen and oxygen atoms in total. The molecule has 75 heavy (non-hydrogen) atoms. The molecule has 428 valence electrons. The van der Waals surface area contributed by atoms with Gasteiger partial charge in [-0.15, -0.1) is 0 Å². The van der Waals surface area contributed by atoms with Crippen molar-refractivity contribution in [1.29, 1.82) is 0 Å². The number of amides is 2. The highest BCUT2D eigenvalue weighted by molar-refractivity contribution is 5.97. The number of phenols is 1. The molecule has 0 radical (unpaired) electrons. The first-order chi connectivity index (χ1) is 35.5. The summed E-state index contributed by atoms with van der Waals surface area (Å²) in [5, 5.41) is 145. The number of aliphatic hydroxyl groups is 11. The van der Waals surface area contributed by atoms with Crippen LogP contribution in [0.25, 0.3) is 0 Å². The van der Waals surface area contributed by atoms with Gasteiger partial charge in [-0.25, -0.2) is 9.18 Å². The fraction of sp³-hybridized carbons (Fsp3) is 0.783. The van der Waals surface area contributed by atoms with E-state index in [1.807, 2.05) is 0 Å². The van der Waals surface area contributed by atoms with Crippen molar-refractivity contribution in [2.24, 2.45) is 0 Å². The van der Waals surface area contributed by atoms with Crippen molar-refractivity contribution in [2.45, 2.75) is 194 Å². The molecule has 0 aromatic heterocycles. The quantitative estimate of drug-likeness (QED) is 0.0322. The fourth-order valence-electron chi connectivity index (χ4n) is 9.18. The molecule has 5 rings (SSSR count). The van der Waals surface area contributed by atoms with Gasteiger partial charge >= 0.3 is 11.9 Å². The van der Waals surface area contributed by atoms with Crippen LogP contribution in [0.5, 0.6) is 5.75 Å². The van der Waals surface area contributed by atoms with E-state index in [0.717, 1.165) is 31.9 Å². The Labute approximate surface area is 428 Å². The van der Waals surface area contributed by atoms with Gasteiger partial charge in [0.1, 0.15) is 97.0 Å². The van der Waals surface area contributed by atoms with E-state index in [0.29, 0.717) is 31.7 Å². The molecule has 15 N–H and O–H groups in total. The van der Waals surface area contributed by atoms with Gasteiger partial charge in [-0.3, -0.25) is 14.4 Å². The van der Waals surface area contributed by atoms with Gasteiger partial charge in [-0.1, -0.05) is 25.7 Å². The Balaban J connectivity index is 1.52. The number of benzene rings is 1. The van der Waals surface area contributed by atoms with E-state index in [-0.39, 0.29) is 19.0 Å². The smallest absolute Gasteiger partial charge is 0.364 e. The minimum atomic E-state index is -3.19. The number of carboxylic acids is 1. The number of esters is 1. The lowest BCUT2D eigenvalue weighted by Gasteiger charge is -2.51. The number of methoxy groups -OCH3 is 1. The fourth-order valence-corrected chi connectivity index (χ4v) is 9.18. The maximum absolute atomic E-state index is 14.6. The van der Waals surface area contributed by atoms with Crippen LogP contribution in [0.15, 0.2) is 18.2 Å². The van der Waals surface area contributed by atoms with E-state index >= 15 is 0 Å². The van der Waals surface area contributed by atoms with Crippen LogP contribution < -0.4 is 10.6 Å². The zero-order valence-corrected chi connectivity index (χ0v) is 41.3. The second-order valence-corrected chi connectivity index (χ2v) is 18.8. The van der Waals surface area contributed by atoms with Gasteiger partial charge < -0.3 is 120 Å². The van der Waals surface area contributed by atoms with Crippen LogP contribution in [0, 0.1) is 5.82 Å². The predicted molar refractivity (Wildman–Crippen MR) is 243 cm³/mol. The predicted octanol–water partition coefficient (Wildman–Crippen LogP) is -5.16. The Morgan fingerprint density at radius 1 is 0.773 bits per heavy atom. The van der Waals surface area contributed by atoms with E-state index in [2.05, 4.69) is 15.4 Å². The molecule has 0 aliphatic carbocycles. The van der Waals surface area contributed by atoms with Gasteiger partial charge in [0.15, 0.2) is 18.9 Å². The van der Waals surface area contributed by atoms with Gasteiger partial charge in [0.2, 0.25) is 5.91 Å². The van der Waals surface area contributed by atoms with Crippen molar-refractivity contribution in [2.75, 3.05) is 33.5 Å². The zero-order chi connectivity index (χ0) is 55.5. The maximum Gasteiger partial charge on any atom is 0.364 e. The summed E-state index contributed by atoms with van der Waals surface area (Å²) in [6.45, 7) is -1.04. The third-order valence-electron chi connectivity index (χ3n) is 13.3. The third-order valence-corrected chi connectivity index (χ3v) is 13.3. The van der Waals surface area contributed by atoms with Gasteiger partial charge in [0.25, 0.3) is 11.7 Å². The van der Waals surface area contributed by atoms with Gasteiger partial charge in [-0.05, 0) is 38.0 Å². The van der Waals surface area contributed by atoms with Crippen molar-refractivity contribution in [3.8, 4) is 5.75 Å². The number of phenolic OH excluding ortho intramolecular Hbond substituents is 1. The van der Waals surface area contributed by atoms with Gasteiger partial charge in [0.05, 0.1) is 50.7 Å². The largest absolute Gasteiger partial charge is 0.507 e. The Bertz CT molecular complexity index is 2010. The standard InChI is InChI=1S/C46H71FN2O26/c1-19-31(58)34(61)35(62)43(69-19)73-39-30(49-41(64)22-14-21(47)11-12-23(22)54)42(68-13-9-7-5-4-6-8-10-28(57)67-3)71-27(18-52)37(39)72-44-36(63)40(33(60)26(17-51)70-44)75-46(45(65)66)15-24(55)29(48-20(2)53)38(74-46)32(59)25(56)16-50/h11-12,14,19,24-27,29-40,42-44,50-52,54-56,58-63H,4-10,13,15-18H2,1-3H3,(H,48,53)(H,49,64)(H,65,66)/t19?,24?,25?,26?,27?,29-,30?,31+,32?,33-,34?,35?,36?,37+,38?,39?,40?,42-,43+,44?,46+/m1/s1. The number of carbonyl (C=O) groups is 4. The highest BCUT2D eigenvalue weighted by Gasteiger charge is 2.61. The molecule has 14 unspecified atom stereocenters. The molecule has 21 atom stereocenters. The second kappa shape index (κ2) is 28.1. The average Bonchev–Trinajstić information content (AvgIpc) is 3.38. The summed E-state index contributed by atoms with van der Waals surface area (Å²) in [6.07, 6.45) is -32.5. The minimum absolute atomic E-state index is 0.102. The topological polar surface area (TPSA) is 438 Å². The molecule has 4 heterocycles. The number of halogens is 1. The molecule has 2 amide bonds. The Hall–Kier alpha value is -3.93. The number of carboxylic acid groups (broad SMARTS) is 1. The summed E-state index contributed by atoms with van der Waals surface area (Å²) in [6, 6.07) is -0.975. The number of unbranched alkanes of at least 4 members (excludes halogenated alkanes) is 5. The summed E-state index contributed by atoms with van der Waals surface area (Å²) in [5.41, 5.74) is -0.625. The summed E-state index contributed by atoms with van der Waals surface area (Å²) < 4.78 is 67.0. The number of carbonyl (C=O) groups excluding carboxylic acids is 3. The molecule has 1 aromatic carbocycles. The molecule has 4 aliphatic heterocycles. The number of ether oxygens (including phenoxy) is 9. The van der Waals surface area contributed by atoms with Crippen LogP contribution in [0.2, 0.25) is 0 Å². The Kier molecular flexibility index (Phi) is 23.2. The first-order valence-electron chi connectivity index (χ1n) is 24.4. The number of aliphatic carboxylic acids is 1. The average molecular weight is 1090 g/mol. The second-order valence-electron chi connectivity index (χ2n) is 18.8. The number of nitrogens with one attached hydrogen (secondary N) is 2. The summed E-state index contributed by atoms with van der Waals surface area (Å²) in [5.74, 6) is -9.25. The molecule has 4 fully saturated rings. The van der Waals surface area contributed by atoms with E-state index in [1.165, 1.54) is 14.0 Å². The van der Waals surface area contributed by atoms with E-state index in [1.54, 1.807) is 0 Å². The molecule has 0 bridgehead atoms. The molecular weight excluding hydrogens is 1020 g/mol. The number of aromatic hydroxyl groups is 1. The summed E-state index contributed by atoms with van der Waals surface area (Å²) in [7, 11) is 1.29. The number of hydrogen-bond donors (Lipinski definition) is 15. The molecule has 29 heteroatoms. The molecule has 0 saturated carbocycles. The Morgan fingerprint density at radius 2 is 1.40 bits per heavy atom. The van der Waals surface area contributed by atoms with Crippen molar-refractivity contribution in [3.05, 3.63) is 29.6 Å². The van der Waals surface area contributed by atoms with Crippen LogP contribution in [-0.2, 0) is 57.0 Å². The van der Waals surface area contributed by atoms with Crippen LogP contribution in [0.4, 0.5) is 4.39 Å². The minimum Gasteiger partial charge on any atom is -0.507 e. The molecule has 1 aromatic rings. The van der Waals surface area contributed by atoms with Gasteiger partial charge in [0, 0.05) is 26.4 Å². The Morgan fingerprint density at radius 3 is 2.03 bits per heavy atom. The van der Waals surface area contributed by atoms with Crippen molar-refractivity contribution < 1.29 is 133 Å². The zero-order valence-electron chi connectivity index (χ0n) is 41.3. The monoisotopic (exact) mass is 1090 g/mol. The van der Waals surface area contributed by atoms with Gasteiger partial charge in [-0.2, -0.15) is 0 Å². The van der Waals surface area contributed by atoms with E-state index in [9.17, 15) is 90.0 Å². The van der Waals surface area contributed by atoms with Crippen LogP contribution >= 0.6 is 0 Å².